The molecule has 1 N–H and O–H groups in total. The molecule has 2 rings (SSSR count). The highest BCUT2D eigenvalue weighted by molar-refractivity contribution is 8.14. The van der Waals surface area contributed by atoms with Crippen LogP contribution in [0.2, 0.25) is 0 Å². The smallest absolute Gasteiger partial charge is 0.157 e. The first-order valence-electron chi connectivity index (χ1n) is 7.58. The van der Waals surface area contributed by atoms with Gasteiger partial charge in [-0.25, -0.2) is 0 Å². The molecule has 2 aliphatic rings. The van der Waals surface area contributed by atoms with Crippen LogP contribution < -0.4 is 5.32 Å². The molecule has 1 saturated carbocycles. The summed E-state index contributed by atoms with van der Waals surface area (Å²) in [4.78, 5) is 4.86. The van der Waals surface area contributed by atoms with Crippen molar-refractivity contribution in [2.75, 3.05) is 5.75 Å². The van der Waals surface area contributed by atoms with E-state index in [1.54, 1.807) is 0 Å². The molecule has 1 spiro atoms. The lowest BCUT2D eigenvalue weighted by Gasteiger charge is -2.22. The van der Waals surface area contributed by atoms with Crippen molar-refractivity contribution in [1.82, 2.24) is 5.32 Å². The Morgan fingerprint density at radius 1 is 1.22 bits per heavy atom. The van der Waals surface area contributed by atoms with E-state index in [0.717, 1.165) is 5.92 Å². The minimum Gasteiger partial charge on any atom is -0.359 e. The molecule has 2 fully saturated rings. The molecule has 1 unspecified atom stereocenters. The maximum absolute atomic E-state index is 4.86. The van der Waals surface area contributed by atoms with Crippen molar-refractivity contribution in [3.05, 3.63) is 0 Å². The van der Waals surface area contributed by atoms with E-state index >= 15 is 0 Å². The Balaban J connectivity index is 1.75. The van der Waals surface area contributed by atoms with Crippen LogP contribution in [0.1, 0.15) is 65.7 Å². The van der Waals surface area contributed by atoms with Crippen LogP contribution >= 0.6 is 11.8 Å². The van der Waals surface area contributed by atoms with Crippen molar-refractivity contribution in [1.29, 1.82) is 0 Å². The number of nitrogens with one attached hydrogen (secondary N) is 1. The van der Waals surface area contributed by atoms with E-state index in [-0.39, 0.29) is 0 Å². The van der Waals surface area contributed by atoms with E-state index in [0.29, 0.717) is 11.6 Å². The van der Waals surface area contributed by atoms with Crippen LogP contribution in [0, 0.1) is 5.92 Å². The highest BCUT2D eigenvalue weighted by Crippen LogP contribution is 2.37. The quantitative estimate of drug-likeness (QED) is 0.808. The van der Waals surface area contributed by atoms with Gasteiger partial charge in [-0.15, -0.1) is 0 Å². The summed E-state index contributed by atoms with van der Waals surface area (Å²) in [5, 5.41) is 4.93. The minimum atomic E-state index is 0.418. The van der Waals surface area contributed by atoms with Crippen molar-refractivity contribution >= 4 is 16.9 Å². The van der Waals surface area contributed by atoms with E-state index in [1.807, 2.05) is 11.8 Å². The molecule has 0 aromatic carbocycles. The molecular formula is C15H28N2S. The fraction of sp³-hybridized carbons (Fsp3) is 0.933. The first-order chi connectivity index (χ1) is 8.60. The van der Waals surface area contributed by atoms with E-state index in [2.05, 4.69) is 26.1 Å². The predicted molar refractivity (Wildman–Crippen MR) is 82.4 cm³/mol. The number of rotatable bonds is 5. The van der Waals surface area contributed by atoms with E-state index < -0.39 is 0 Å². The number of hydrogen-bond donors (Lipinski definition) is 1. The summed E-state index contributed by atoms with van der Waals surface area (Å²) in [6.45, 7) is 6.86. The van der Waals surface area contributed by atoms with Crippen LogP contribution in [0.5, 0.6) is 0 Å². The Bertz CT molecular complexity index is 293. The van der Waals surface area contributed by atoms with Crippen LogP contribution in [0.4, 0.5) is 0 Å². The molecule has 104 valence electrons. The standard InChI is InChI=1S/C15H28N2S/c1-12(2)7-6-8-13(3)16-14-17-15(11-18-14)9-4-5-10-15/h12-13H,4-11H2,1-3H3,(H,16,17). The van der Waals surface area contributed by atoms with E-state index in [4.69, 9.17) is 4.99 Å². The summed E-state index contributed by atoms with van der Waals surface area (Å²) in [6, 6.07) is 0.482. The maximum atomic E-state index is 4.86. The third kappa shape index (κ3) is 3.91. The first kappa shape index (κ1) is 14.2. The average Bonchev–Trinajstić information content (AvgIpc) is 2.90. The van der Waals surface area contributed by atoms with Crippen LogP contribution in [0.3, 0.4) is 0 Å². The van der Waals surface area contributed by atoms with Gasteiger partial charge in [-0.05, 0) is 32.1 Å². The third-order valence-electron chi connectivity index (χ3n) is 4.16. The molecule has 1 aliphatic heterocycles. The highest BCUT2D eigenvalue weighted by atomic mass is 32.2. The summed E-state index contributed by atoms with van der Waals surface area (Å²) in [7, 11) is 0. The molecule has 0 aromatic heterocycles. The normalized spacial score (nSPS) is 26.1. The average molecular weight is 268 g/mol. The summed E-state index contributed by atoms with van der Waals surface area (Å²) in [6.07, 6.45) is 9.36. The van der Waals surface area contributed by atoms with Gasteiger partial charge in [0.05, 0.1) is 0 Å². The largest absolute Gasteiger partial charge is 0.359 e. The van der Waals surface area contributed by atoms with Gasteiger partial charge in [0.2, 0.25) is 0 Å². The lowest BCUT2D eigenvalue weighted by Crippen LogP contribution is -2.40. The zero-order valence-electron chi connectivity index (χ0n) is 12.2. The van der Waals surface area contributed by atoms with Gasteiger partial charge in [-0.1, -0.05) is 51.3 Å². The first-order valence-corrected chi connectivity index (χ1v) is 8.57. The number of thioether (sulfide) groups is 1. The molecule has 0 aromatic rings. The van der Waals surface area contributed by atoms with E-state index in [9.17, 15) is 0 Å². The molecule has 0 radical (unpaired) electrons. The highest BCUT2D eigenvalue weighted by Gasteiger charge is 2.39. The van der Waals surface area contributed by atoms with Crippen LogP contribution in [-0.4, -0.2) is 22.5 Å². The van der Waals surface area contributed by atoms with Crippen molar-refractivity contribution in [3.63, 3.8) is 0 Å². The molecule has 0 bridgehead atoms. The minimum absolute atomic E-state index is 0.418. The fourth-order valence-electron chi connectivity index (χ4n) is 2.98. The second-order valence-corrected chi connectivity index (χ2v) is 7.47. The maximum Gasteiger partial charge on any atom is 0.157 e. The predicted octanol–water partition coefficient (Wildman–Crippen LogP) is 4.21. The summed E-state index contributed by atoms with van der Waals surface area (Å²) >= 11 is 1.95. The second kappa shape index (κ2) is 6.31. The van der Waals surface area contributed by atoms with Gasteiger partial charge in [0, 0.05) is 17.3 Å². The molecular weight excluding hydrogens is 240 g/mol. The van der Waals surface area contributed by atoms with Crippen molar-refractivity contribution < 1.29 is 0 Å². The number of amidine groups is 1. The van der Waals surface area contributed by atoms with Crippen molar-refractivity contribution in [2.45, 2.75) is 77.3 Å². The van der Waals surface area contributed by atoms with Gasteiger partial charge in [0.15, 0.2) is 5.17 Å². The van der Waals surface area contributed by atoms with E-state index in [1.165, 1.54) is 55.9 Å². The molecule has 3 heteroatoms. The fourth-order valence-corrected chi connectivity index (χ4v) is 4.30. The van der Waals surface area contributed by atoms with Gasteiger partial charge in [-0.3, -0.25) is 4.99 Å². The molecule has 2 nitrogen and oxygen atoms in total. The van der Waals surface area contributed by atoms with Crippen LogP contribution in [0.15, 0.2) is 4.99 Å². The number of aliphatic imine (C=N–C) groups is 1. The summed E-state index contributed by atoms with van der Waals surface area (Å²) < 4.78 is 0. The Morgan fingerprint density at radius 3 is 2.61 bits per heavy atom. The van der Waals surface area contributed by atoms with Gasteiger partial charge in [0.1, 0.15) is 0 Å². The van der Waals surface area contributed by atoms with Crippen molar-refractivity contribution in [3.8, 4) is 0 Å². The van der Waals surface area contributed by atoms with Gasteiger partial charge >= 0.3 is 0 Å². The Morgan fingerprint density at radius 2 is 1.94 bits per heavy atom. The Hall–Kier alpha value is -0.180. The zero-order valence-corrected chi connectivity index (χ0v) is 13.0. The summed E-state index contributed by atoms with van der Waals surface area (Å²) in [5.41, 5.74) is 0.418. The molecule has 0 amide bonds. The SMILES string of the molecule is CC(C)CCCC(C)N=C1NC2(CCCC2)CS1. The Labute approximate surface area is 116 Å². The Kier molecular flexibility index (Phi) is 4.99. The summed E-state index contributed by atoms with van der Waals surface area (Å²) in [5.74, 6) is 2.07. The molecule has 1 atom stereocenters. The third-order valence-corrected chi connectivity index (χ3v) is 5.34. The topological polar surface area (TPSA) is 24.4 Å². The number of nitrogens with zero attached hydrogens (tertiary/aromatic N) is 1. The molecule has 1 saturated heterocycles. The lowest BCUT2D eigenvalue weighted by atomic mass is 10.0. The monoisotopic (exact) mass is 268 g/mol. The second-order valence-electron chi connectivity index (χ2n) is 6.51. The molecule has 18 heavy (non-hydrogen) atoms. The van der Waals surface area contributed by atoms with Gasteiger partial charge in [-0.2, -0.15) is 0 Å². The van der Waals surface area contributed by atoms with Gasteiger partial charge < -0.3 is 5.32 Å². The van der Waals surface area contributed by atoms with Crippen LogP contribution in [-0.2, 0) is 0 Å². The molecule has 1 heterocycles. The lowest BCUT2D eigenvalue weighted by molar-refractivity contribution is 0.451. The zero-order chi connectivity index (χ0) is 13.0. The van der Waals surface area contributed by atoms with Crippen molar-refractivity contribution in [2.24, 2.45) is 10.9 Å². The van der Waals surface area contributed by atoms with Crippen LogP contribution in [0.25, 0.3) is 0 Å². The molecule has 1 aliphatic carbocycles. The van der Waals surface area contributed by atoms with Gasteiger partial charge in [0.25, 0.3) is 0 Å². The number of hydrogen-bond acceptors (Lipinski definition) is 2.